The number of aliphatic hydroxyl groups is 2. The number of rotatable bonds is 5. The van der Waals surface area contributed by atoms with E-state index in [2.05, 4.69) is 15.0 Å². The van der Waals surface area contributed by atoms with Crippen molar-refractivity contribution in [2.24, 2.45) is 0 Å². The number of aromatic nitrogens is 1. The molecule has 2 atom stereocenters. The van der Waals surface area contributed by atoms with Gasteiger partial charge in [0.1, 0.15) is 11.7 Å². The molecule has 1 amide bonds. The van der Waals surface area contributed by atoms with Gasteiger partial charge in [-0.1, -0.05) is 11.3 Å². The van der Waals surface area contributed by atoms with Crippen molar-refractivity contribution in [2.45, 2.75) is 45.0 Å². The lowest BCUT2D eigenvalue weighted by atomic mass is 10.1. The number of anilines is 1. The predicted molar refractivity (Wildman–Crippen MR) is 79.6 cm³/mol. The Bertz CT molecular complexity index is 525. The molecule has 124 valence electrons. The van der Waals surface area contributed by atoms with E-state index in [1.54, 1.807) is 20.8 Å². The molecule has 0 bridgehead atoms. The van der Waals surface area contributed by atoms with Crippen LogP contribution >= 0.6 is 11.3 Å². The van der Waals surface area contributed by atoms with E-state index in [-0.39, 0.29) is 11.6 Å². The largest absolute Gasteiger partial charge is 0.469 e. The number of aliphatic hydroxyl groups excluding tert-OH is 2. The summed E-state index contributed by atoms with van der Waals surface area (Å²) in [5.74, 6) is -0.636. The van der Waals surface area contributed by atoms with Crippen LogP contribution in [0.1, 0.15) is 38.2 Å². The Morgan fingerprint density at radius 2 is 2.05 bits per heavy atom. The molecular weight excluding hydrogens is 312 g/mol. The first kappa shape index (κ1) is 18.3. The molecule has 0 saturated carbocycles. The number of ether oxygens (including phenoxy) is 2. The Kier molecular flexibility index (Phi) is 6.27. The van der Waals surface area contributed by atoms with Crippen molar-refractivity contribution in [1.29, 1.82) is 0 Å². The fourth-order valence-corrected chi connectivity index (χ4v) is 2.27. The maximum absolute atomic E-state index is 11.6. The summed E-state index contributed by atoms with van der Waals surface area (Å²) >= 11 is 0.973. The van der Waals surface area contributed by atoms with Gasteiger partial charge in [-0.3, -0.25) is 10.1 Å². The summed E-state index contributed by atoms with van der Waals surface area (Å²) in [6.45, 7) is 5.19. The van der Waals surface area contributed by atoms with E-state index in [9.17, 15) is 19.8 Å². The van der Waals surface area contributed by atoms with Crippen molar-refractivity contribution in [2.75, 3.05) is 12.4 Å². The highest BCUT2D eigenvalue weighted by Crippen LogP contribution is 2.28. The molecule has 9 heteroatoms. The smallest absolute Gasteiger partial charge is 0.413 e. The van der Waals surface area contributed by atoms with Crippen LogP contribution in [0.4, 0.5) is 9.93 Å². The number of nitrogens with one attached hydrogen (secondary N) is 1. The molecule has 8 nitrogen and oxygen atoms in total. The van der Waals surface area contributed by atoms with Crippen LogP contribution in [0, 0.1) is 0 Å². The quantitative estimate of drug-likeness (QED) is 0.698. The molecule has 0 aliphatic rings. The van der Waals surface area contributed by atoms with Crippen LogP contribution in [0.5, 0.6) is 0 Å². The minimum Gasteiger partial charge on any atom is -0.469 e. The molecule has 0 aliphatic heterocycles. The zero-order valence-electron chi connectivity index (χ0n) is 12.8. The van der Waals surface area contributed by atoms with E-state index in [0.717, 1.165) is 11.3 Å². The lowest BCUT2D eigenvalue weighted by Crippen LogP contribution is -2.27. The van der Waals surface area contributed by atoms with Crippen molar-refractivity contribution < 1.29 is 29.3 Å². The summed E-state index contributed by atoms with van der Waals surface area (Å²) in [6.07, 6.45) is -2.32. The van der Waals surface area contributed by atoms with E-state index >= 15 is 0 Å². The number of nitrogens with zero attached hydrogens (tertiary/aromatic N) is 1. The number of hydrogen-bond donors (Lipinski definition) is 3. The second-order valence-corrected chi connectivity index (χ2v) is 6.55. The van der Waals surface area contributed by atoms with Crippen LogP contribution in [0.15, 0.2) is 6.20 Å². The monoisotopic (exact) mass is 332 g/mol. The van der Waals surface area contributed by atoms with E-state index in [0.29, 0.717) is 4.88 Å². The number of thiazole rings is 1. The lowest BCUT2D eigenvalue weighted by Gasteiger charge is -2.19. The third kappa shape index (κ3) is 5.96. The minimum absolute atomic E-state index is 0.216. The summed E-state index contributed by atoms with van der Waals surface area (Å²) in [5.41, 5.74) is -0.638. The molecule has 0 spiro atoms. The zero-order chi connectivity index (χ0) is 16.9. The second kappa shape index (κ2) is 7.52. The fraction of sp³-hybridized carbons (Fsp3) is 0.615. The molecule has 2 unspecified atom stereocenters. The molecule has 0 saturated heterocycles. The third-order valence-corrected chi connectivity index (χ3v) is 3.37. The molecule has 0 radical (unpaired) electrons. The van der Waals surface area contributed by atoms with Crippen molar-refractivity contribution in [3.8, 4) is 0 Å². The summed E-state index contributed by atoms with van der Waals surface area (Å²) in [4.78, 5) is 26.9. The summed E-state index contributed by atoms with van der Waals surface area (Å²) in [5, 5.41) is 22.3. The summed E-state index contributed by atoms with van der Waals surface area (Å²) < 4.78 is 9.48. The van der Waals surface area contributed by atoms with Crippen molar-refractivity contribution >= 4 is 28.5 Å². The van der Waals surface area contributed by atoms with E-state index in [1.165, 1.54) is 13.3 Å². The maximum Gasteiger partial charge on any atom is 0.413 e. The molecule has 3 N–H and O–H groups in total. The standard InChI is InChI=1S/C13H20N2O6S/c1-13(2,3)21-12(19)15-11-14-6-8(22-11)10(18)7(16)5-9(17)20-4/h6-7,10,16,18H,5H2,1-4H3,(H,14,15,19). The van der Waals surface area contributed by atoms with Gasteiger partial charge in [0.15, 0.2) is 5.13 Å². The van der Waals surface area contributed by atoms with Gasteiger partial charge in [0, 0.05) is 6.20 Å². The molecule has 1 heterocycles. The summed E-state index contributed by atoms with van der Waals surface area (Å²) in [7, 11) is 1.19. The molecular formula is C13H20N2O6S. The van der Waals surface area contributed by atoms with Gasteiger partial charge in [0.05, 0.1) is 24.5 Å². The normalized spacial score (nSPS) is 14.1. The van der Waals surface area contributed by atoms with E-state index in [4.69, 9.17) is 4.74 Å². The molecule has 1 aromatic rings. The van der Waals surface area contributed by atoms with Crippen molar-refractivity contribution in [3.05, 3.63) is 11.1 Å². The van der Waals surface area contributed by atoms with Crippen molar-refractivity contribution in [3.63, 3.8) is 0 Å². The van der Waals surface area contributed by atoms with Gasteiger partial charge in [-0.25, -0.2) is 9.78 Å². The SMILES string of the molecule is COC(=O)CC(O)C(O)c1cnc(NC(=O)OC(C)(C)C)s1. The van der Waals surface area contributed by atoms with Gasteiger partial charge in [-0.15, -0.1) is 0 Å². The first-order valence-electron chi connectivity index (χ1n) is 6.51. The van der Waals surface area contributed by atoms with Crippen LogP contribution in [0.3, 0.4) is 0 Å². The Balaban J connectivity index is 2.63. The Hall–Kier alpha value is -1.71. The van der Waals surface area contributed by atoms with Crippen molar-refractivity contribution in [1.82, 2.24) is 4.98 Å². The number of hydrogen-bond acceptors (Lipinski definition) is 8. The highest BCUT2D eigenvalue weighted by atomic mass is 32.1. The molecule has 1 aromatic heterocycles. The molecule has 22 heavy (non-hydrogen) atoms. The lowest BCUT2D eigenvalue weighted by molar-refractivity contribution is -0.144. The Morgan fingerprint density at radius 1 is 1.41 bits per heavy atom. The number of amides is 1. The number of carbonyl (C=O) groups is 2. The zero-order valence-corrected chi connectivity index (χ0v) is 13.6. The highest BCUT2D eigenvalue weighted by Gasteiger charge is 2.24. The average Bonchev–Trinajstić information content (AvgIpc) is 2.83. The minimum atomic E-state index is -1.32. The molecule has 1 rings (SSSR count). The van der Waals surface area contributed by atoms with Crippen LogP contribution in [-0.4, -0.2) is 46.1 Å². The van der Waals surface area contributed by atoms with Gasteiger partial charge in [-0.2, -0.15) is 0 Å². The maximum atomic E-state index is 11.6. The Labute approximate surface area is 132 Å². The summed E-state index contributed by atoms with van der Waals surface area (Å²) in [6, 6.07) is 0. The molecule has 0 fully saturated rings. The van der Waals surface area contributed by atoms with Gasteiger partial charge >= 0.3 is 12.1 Å². The predicted octanol–water partition coefficient (Wildman–Crippen LogP) is 1.45. The fourth-order valence-electron chi connectivity index (χ4n) is 1.43. The average molecular weight is 332 g/mol. The topological polar surface area (TPSA) is 118 Å². The van der Waals surface area contributed by atoms with E-state index < -0.39 is 29.9 Å². The van der Waals surface area contributed by atoms with Gasteiger partial charge < -0.3 is 19.7 Å². The van der Waals surface area contributed by atoms with Gasteiger partial charge in [-0.05, 0) is 20.8 Å². The van der Waals surface area contributed by atoms with Crippen LogP contribution in [0.25, 0.3) is 0 Å². The molecule has 0 aromatic carbocycles. The molecule has 0 aliphatic carbocycles. The third-order valence-electron chi connectivity index (χ3n) is 2.39. The Morgan fingerprint density at radius 3 is 2.59 bits per heavy atom. The number of carbonyl (C=O) groups excluding carboxylic acids is 2. The van der Waals surface area contributed by atoms with E-state index in [1.807, 2.05) is 0 Å². The number of methoxy groups -OCH3 is 1. The highest BCUT2D eigenvalue weighted by molar-refractivity contribution is 7.15. The first-order chi connectivity index (χ1) is 10.1. The van der Waals surface area contributed by atoms with Gasteiger partial charge in [0.2, 0.25) is 0 Å². The number of esters is 1. The second-order valence-electron chi connectivity index (χ2n) is 5.49. The van der Waals surface area contributed by atoms with Crippen LogP contribution in [-0.2, 0) is 14.3 Å². The van der Waals surface area contributed by atoms with Crippen LogP contribution in [0.2, 0.25) is 0 Å². The van der Waals surface area contributed by atoms with Crippen LogP contribution < -0.4 is 5.32 Å². The first-order valence-corrected chi connectivity index (χ1v) is 7.32. The van der Waals surface area contributed by atoms with Gasteiger partial charge in [0.25, 0.3) is 0 Å².